The van der Waals surface area contributed by atoms with Crippen LogP contribution in [0, 0.1) is 5.92 Å². The molecule has 1 saturated heterocycles. The monoisotopic (exact) mass is 289 g/mol. The van der Waals surface area contributed by atoms with Crippen LogP contribution in [-0.2, 0) is 11.2 Å². The van der Waals surface area contributed by atoms with E-state index in [9.17, 15) is 0 Å². The zero-order valence-electron chi connectivity index (χ0n) is 9.88. The van der Waals surface area contributed by atoms with Gasteiger partial charge in [-0.25, -0.2) is 0 Å². The Hall–Kier alpha value is -0.280. The fourth-order valence-corrected chi connectivity index (χ4v) is 2.68. The number of benzene rings is 1. The summed E-state index contributed by atoms with van der Waals surface area (Å²) >= 11 is 11.9. The molecule has 102 valence electrons. The molecule has 1 aliphatic rings. The molecule has 0 unspecified atom stereocenters. The lowest BCUT2D eigenvalue weighted by atomic mass is 9.88. The van der Waals surface area contributed by atoms with E-state index in [1.165, 1.54) is 5.56 Å². The van der Waals surface area contributed by atoms with Gasteiger partial charge in [0.15, 0.2) is 0 Å². The Labute approximate surface area is 120 Å². The summed E-state index contributed by atoms with van der Waals surface area (Å²) in [6, 6.07) is 5.86. The predicted octanol–water partition coefficient (Wildman–Crippen LogP) is 3.80. The van der Waals surface area contributed by atoms with Crippen LogP contribution in [0.25, 0.3) is 0 Å². The maximum Gasteiger partial charge on any atom is 0.0727 e. The normalized spacial score (nSPS) is 23.5. The zero-order valence-corrected chi connectivity index (χ0v) is 11.4. The maximum atomic E-state index is 6.03. The Morgan fingerprint density at radius 3 is 2.78 bits per heavy atom. The number of halogens is 2. The lowest BCUT2D eigenvalue weighted by Crippen LogP contribution is -2.42. The van der Waals surface area contributed by atoms with Crippen molar-refractivity contribution in [3.63, 3.8) is 0 Å². The molecule has 2 atom stereocenters. The highest BCUT2D eigenvalue weighted by molar-refractivity contribution is 6.42. The van der Waals surface area contributed by atoms with Crippen molar-refractivity contribution in [1.82, 2.24) is 5.32 Å². The van der Waals surface area contributed by atoms with Crippen LogP contribution in [0.5, 0.6) is 0 Å². The second-order valence-corrected chi connectivity index (χ2v) is 5.29. The third-order valence-electron chi connectivity index (χ3n) is 3.35. The van der Waals surface area contributed by atoms with Crippen molar-refractivity contribution in [2.75, 3.05) is 20.2 Å². The molecule has 1 N–H and O–H groups in total. The van der Waals surface area contributed by atoms with Crippen molar-refractivity contribution >= 4 is 23.2 Å². The van der Waals surface area contributed by atoms with E-state index in [4.69, 9.17) is 27.9 Å². The predicted molar refractivity (Wildman–Crippen MR) is 78.7 cm³/mol. The van der Waals surface area contributed by atoms with Crippen molar-refractivity contribution in [3.05, 3.63) is 33.8 Å². The number of hydrogen-bond acceptors (Lipinski definition) is 2. The van der Waals surface area contributed by atoms with Gasteiger partial charge < -0.3 is 10.1 Å². The van der Waals surface area contributed by atoms with E-state index in [2.05, 4.69) is 5.32 Å². The van der Waals surface area contributed by atoms with E-state index >= 15 is 0 Å². The minimum atomic E-state index is 0. The smallest absolute Gasteiger partial charge is 0.0727 e. The highest BCUT2D eigenvalue weighted by atomic mass is 35.5. The number of hydrogen-bond donors (Lipinski definition) is 1. The molecule has 1 heterocycles. The van der Waals surface area contributed by atoms with E-state index < -0.39 is 0 Å². The van der Waals surface area contributed by atoms with Gasteiger partial charge >= 0.3 is 0 Å². The van der Waals surface area contributed by atoms with Crippen LogP contribution in [0.15, 0.2) is 18.2 Å². The first kappa shape index (κ1) is 15.8. The zero-order chi connectivity index (χ0) is 12.3. The lowest BCUT2D eigenvalue weighted by Gasteiger charge is -2.31. The molecule has 1 aromatic rings. The number of nitrogens with one attached hydrogen (secondary N) is 1. The molecule has 0 spiro atoms. The van der Waals surface area contributed by atoms with Gasteiger partial charge in [0.25, 0.3) is 0 Å². The molecular weight excluding hydrogens is 269 g/mol. The maximum absolute atomic E-state index is 6.03. The van der Waals surface area contributed by atoms with Gasteiger partial charge in [-0.15, -0.1) is 0 Å². The van der Waals surface area contributed by atoms with E-state index in [0.29, 0.717) is 22.1 Å². The molecule has 0 bridgehead atoms. The second kappa shape index (κ2) is 7.34. The Balaban J connectivity index is 0.00000162. The average molecular weight is 290 g/mol. The van der Waals surface area contributed by atoms with Crippen molar-refractivity contribution in [2.24, 2.45) is 5.92 Å². The van der Waals surface area contributed by atoms with E-state index in [-0.39, 0.29) is 7.43 Å². The minimum absolute atomic E-state index is 0. The summed E-state index contributed by atoms with van der Waals surface area (Å²) in [7, 11) is 1.78. The largest absolute Gasteiger partial charge is 0.380 e. The molecule has 2 nitrogen and oxygen atoms in total. The number of rotatable bonds is 3. The molecule has 4 heteroatoms. The quantitative estimate of drug-likeness (QED) is 0.914. The third kappa shape index (κ3) is 3.86. The fraction of sp³-hybridized carbons (Fsp3) is 0.571. The van der Waals surface area contributed by atoms with Crippen molar-refractivity contribution in [3.8, 4) is 0 Å². The molecule has 1 fully saturated rings. The van der Waals surface area contributed by atoms with E-state index in [1.54, 1.807) is 7.11 Å². The topological polar surface area (TPSA) is 21.3 Å². The van der Waals surface area contributed by atoms with Crippen LogP contribution in [-0.4, -0.2) is 26.3 Å². The number of ether oxygens (including phenoxy) is 1. The lowest BCUT2D eigenvalue weighted by molar-refractivity contribution is 0.0341. The van der Waals surface area contributed by atoms with Crippen molar-refractivity contribution < 1.29 is 4.74 Å². The Morgan fingerprint density at radius 1 is 1.33 bits per heavy atom. The summed E-state index contributed by atoms with van der Waals surface area (Å²) < 4.78 is 5.51. The van der Waals surface area contributed by atoms with E-state index in [0.717, 1.165) is 25.9 Å². The number of piperidine rings is 1. The molecule has 0 saturated carbocycles. The van der Waals surface area contributed by atoms with Crippen LogP contribution in [0.4, 0.5) is 0 Å². The third-order valence-corrected chi connectivity index (χ3v) is 4.09. The minimum Gasteiger partial charge on any atom is -0.380 e. The Kier molecular flexibility index (Phi) is 6.44. The van der Waals surface area contributed by atoms with Crippen molar-refractivity contribution in [1.29, 1.82) is 0 Å². The molecule has 1 aromatic carbocycles. The van der Waals surface area contributed by atoms with Crippen LogP contribution in [0.2, 0.25) is 10.0 Å². The highest BCUT2D eigenvalue weighted by Gasteiger charge is 2.24. The van der Waals surface area contributed by atoms with Crippen LogP contribution >= 0.6 is 23.2 Å². The summed E-state index contributed by atoms with van der Waals surface area (Å²) in [5.41, 5.74) is 1.23. The first-order valence-electron chi connectivity index (χ1n) is 5.88. The average Bonchev–Trinajstić information content (AvgIpc) is 2.34. The molecule has 18 heavy (non-hydrogen) atoms. The fourth-order valence-electron chi connectivity index (χ4n) is 2.36. The van der Waals surface area contributed by atoms with Crippen LogP contribution < -0.4 is 5.32 Å². The van der Waals surface area contributed by atoms with Gasteiger partial charge in [-0.05, 0) is 43.0 Å². The number of methoxy groups -OCH3 is 1. The van der Waals surface area contributed by atoms with Gasteiger partial charge in [0.2, 0.25) is 0 Å². The van der Waals surface area contributed by atoms with Gasteiger partial charge in [0.1, 0.15) is 0 Å². The van der Waals surface area contributed by atoms with Gasteiger partial charge in [0, 0.05) is 13.7 Å². The Morgan fingerprint density at radius 2 is 2.11 bits per heavy atom. The Bertz CT molecular complexity index is 384. The molecule has 0 aromatic heterocycles. The summed E-state index contributed by atoms with van der Waals surface area (Å²) in [4.78, 5) is 0. The van der Waals surface area contributed by atoms with E-state index in [1.807, 2.05) is 18.2 Å². The summed E-state index contributed by atoms with van der Waals surface area (Å²) in [6.45, 7) is 1.99. The van der Waals surface area contributed by atoms with Gasteiger partial charge in [-0.1, -0.05) is 36.7 Å². The molecule has 2 rings (SSSR count). The highest BCUT2D eigenvalue weighted by Crippen LogP contribution is 2.26. The summed E-state index contributed by atoms with van der Waals surface area (Å²) in [6.07, 6.45) is 2.42. The second-order valence-electron chi connectivity index (χ2n) is 4.48. The van der Waals surface area contributed by atoms with Gasteiger partial charge in [0.05, 0.1) is 16.1 Å². The molecule has 0 radical (unpaired) electrons. The van der Waals surface area contributed by atoms with Crippen molar-refractivity contribution in [2.45, 2.75) is 26.4 Å². The molecule has 1 aliphatic heterocycles. The first-order chi connectivity index (χ1) is 8.20. The van der Waals surface area contributed by atoms with Gasteiger partial charge in [-0.2, -0.15) is 0 Å². The van der Waals surface area contributed by atoms with Crippen LogP contribution in [0.1, 0.15) is 19.4 Å². The van der Waals surface area contributed by atoms with Gasteiger partial charge in [-0.3, -0.25) is 0 Å². The molecule has 0 amide bonds. The summed E-state index contributed by atoms with van der Waals surface area (Å²) in [5.74, 6) is 0.554. The molecule has 0 aliphatic carbocycles. The standard InChI is InChI=1S/C13H17Cl2NO.CH4/c1-17-13-8-16-5-4-10(13)6-9-2-3-11(14)12(15)7-9;/h2-3,7,10,13,16H,4-6,8H2,1H3;1H4/t10-,13-;/m1./s1. The van der Waals surface area contributed by atoms with Crippen LogP contribution in [0.3, 0.4) is 0 Å². The SMILES string of the molecule is C.CO[C@@H]1CNCC[C@@H]1Cc1ccc(Cl)c(Cl)c1. The first-order valence-corrected chi connectivity index (χ1v) is 6.63. The molecular formula is C14H21Cl2NO. The summed E-state index contributed by atoms with van der Waals surface area (Å²) in [5, 5.41) is 4.60.